The number of nitrogens with zero attached hydrogens (tertiary/aromatic N) is 1. The van der Waals surface area contributed by atoms with Crippen molar-refractivity contribution in [2.45, 2.75) is 30.7 Å². The van der Waals surface area contributed by atoms with Gasteiger partial charge in [0.25, 0.3) is 0 Å². The minimum Gasteiger partial charge on any atom is -0.324 e. The summed E-state index contributed by atoms with van der Waals surface area (Å²) in [6.07, 6.45) is 6.70. The van der Waals surface area contributed by atoms with E-state index < -0.39 is 6.04 Å². The van der Waals surface area contributed by atoms with Crippen molar-refractivity contribution in [3.63, 3.8) is 0 Å². The Hall–Kier alpha value is -1.93. The Morgan fingerprint density at radius 1 is 1.57 bits per heavy atom. The molecule has 21 heavy (non-hydrogen) atoms. The highest BCUT2D eigenvalue weighted by Crippen LogP contribution is 2.47. The fraction of sp³-hybridized carbons (Fsp3) is 0.375. The fourth-order valence-corrected chi connectivity index (χ4v) is 4.36. The van der Waals surface area contributed by atoms with Crippen LogP contribution in [0.25, 0.3) is 0 Å². The number of carbonyl (C=O) groups excluding carboxylic acids is 2. The highest BCUT2D eigenvalue weighted by molar-refractivity contribution is 8.01. The number of nitrogens with one attached hydrogen (secondary N) is 1. The lowest BCUT2D eigenvalue weighted by Crippen LogP contribution is -2.48. The highest BCUT2D eigenvalue weighted by Gasteiger charge is 2.52. The largest absolute Gasteiger partial charge is 0.324 e. The van der Waals surface area contributed by atoms with Crippen molar-refractivity contribution >= 4 is 29.3 Å². The van der Waals surface area contributed by atoms with Crippen LogP contribution < -0.4 is 5.32 Å². The SMILES string of the molecule is C#Cc1cccc(NC(=O)[C@@H]2CS[C@@]3(C)CCC(=O)N23)c1. The molecule has 0 aliphatic carbocycles. The van der Waals surface area contributed by atoms with Gasteiger partial charge in [-0.1, -0.05) is 12.0 Å². The van der Waals surface area contributed by atoms with Crippen molar-refractivity contribution in [3.05, 3.63) is 29.8 Å². The zero-order chi connectivity index (χ0) is 15.0. The molecule has 1 aromatic rings. The van der Waals surface area contributed by atoms with Crippen LogP contribution in [0, 0.1) is 12.3 Å². The Labute approximate surface area is 128 Å². The number of anilines is 1. The third-order valence-corrected chi connectivity index (χ3v) is 5.55. The van der Waals surface area contributed by atoms with E-state index in [4.69, 9.17) is 6.42 Å². The van der Waals surface area contributed by atoms with Gasteiger partial charge in [-0.25, -0.2) is 0 Å². The summed E-state index contributed by atoms with van der Waals surface area (Å²) in [6, 6.07) is 6.77. The van der Waals surface area contributed by atoms with Crippen LogP contribution in [0.15, 0.2) is 24.3 Å². The molecule has 0 saturated carbocycles. The number of rotatable bonds is 2. The third-order valence-electron chi connectivity index (χ3n) is 4.04. The number of amides is 2. The van der Waals surface area contributed by atoms with Gasteiger partial charge in [-0.15, -0.1) is 18.2 Å². The molecule has 2 saturated heterocycles. The monoisotopic (exact) mass is 300 g/mol. The molecule has 1 aromatic carbocycles. The first-order chi connectivity index (χ1) is 10.0. The van der Waals surface area contributed by atoms with Crippen molar-refractivity contribution in [3.8, 4) is 12.3 Å². The van der Waals surface area contributed by atoms with Crippen molar-refractivity contribution in [1.82, 2.24) is 4.90 Å². The lowest BCUT2D eigenvalue weighted by molar-refractivity contribution is -0.135. The Bertz CT molecular complexity index is 652. The van der Waals surface area contributed by atoms with Gasteiger partial charge in [0.05, 0.1) is 4.87 Å². The second-order valence-corrected chi connectivity index (χ2v) is 6.98. The molecule has 2 aliphatic rings. The van der Waals surface area contributed by atoms with Crippen LogP contribution in [0.2, 0.25) is 0 Å². The Morgan fingerprint density at radius 3 is 3.14 bits per heavy atom. The molecule has 0 unspecified atom stereocenters. The van der Waals surface area contributed by atoms with Gasteiger partial charge in [0.2, 0.25) is 11.8 Å². The van der Waals surface area contributed by atoms with Gasteiger partial charge >= 0.3 is 0 Å². The van der Waals surface area contributed by atoms with Gasteiger partial charge in [-0.3, -0.25) is 9.59 Å². The molecular formula is C16H16N2O2S. The number of benzene rings is 1. The Morgan fingerprint density at radius 2 is 2.38 bits per heavy atom. The van der Waals surface area contributed by atoms with Crippen LogP contribution >= 0.6 is 11.8 Å². The van der Waals surface area contributed by atoms with Crippen molar-refractivity contribution in [2.24, 2.45) is 0 Å². The van der Waals surface area contributed by atoms with E-state index >= 15 is 0 Å². The van der Waals surface area contributed by atoms with Crippen molar-refractivity contribution < 1.29 is 9.59 Å². The summed E-state index contributed by atoms with van der Waals surface area (Å²) < 4.78 is 0. The summed E-state index contributed by atoms with van der Waals surface area (Å²) in [4.78, 5) is 26.0. The van der Waals surface area contributed by atoms with Crippen LogP contribution in [-0.2, 0) is 9.59 Å². The van der Waals surface area contributed by atoms with Gasteiger partial charge in [0, 0.05) is 23.4 Å². The second-order valence-electron chi connectivity index (χ2n) is 5.48. The molecule has 2 amide bonds. The predicted octanol–water partition coefficient (Wildman–Crippen LogP) is 2.06. The number of hydrogen-bond donors (Lipinski definition) is 1. The van der Waals surface area contributed by atoms with E-state index in [0.29, 0.717) is 17.9 Å². The number of carbonyl (C=O) groups is 2. The standard InChI is InChI=1S/C16H16N2O2S/c1-3-11-5-4-6-12(9-11)17-15(20)13-10-21-16(2)8-7-14(19)18(13)16/h1,4-6,9,13H,7-8,10H2,2H3,(H,17,20)/t13-,16-/m0/s1. The first-order valence-corrected chi connectivity index (χ1v) is 7.86. The number of hydrogen-bond acceptors (Lipinski definition) is 3. The average molecular weight is 300 g/mol. The third kappa shape index (κ3) is 2.40. The van der Waals surface area contributed by atoms with Gasteiger partial charge < -0.3 is 10.2 Å². The van der Waals surface area contributed by atoms with E-state index in [1.807, 2.05) is 13.0 Å². The minimum atomic E-state index is -0.399. The molecule has 0 bridgehead atoms. The molecule has 2 aliphatic heterocycles. The molecule has 2 heterocycles. The van der Waals surface area contributed by atoms with E-state index in [-0.39, 0.29) is 16.7 Å². The molecule has 5 heteroatoms. The molecule has 0 aromatic heterocycles. The highest BCUT2D eigenvalue weighted by atomic mass is 32.2. The Kier molecular flexibility index (Phi) is 3.42. The van der Waals surface area contributed by atoms with Crippen LogP contribution in [0.3, 0.4) is 0 Å². The zero-order valence-electron chi connectivity index (χ0n) is 11.8. The van der Waals surface area contributed by atoms with Gasteiger partial charge in [0.15, 0.2) is 0 Å². The lowest BCUT2D eigenvalue weighted by atomic mass is 10.2. The first-order valence-electron chi connectivity index (χ1n) is 6.87. The van der Waals surface area contributed by atoms with Crippen LogP contribution in [0.1, 0.15) is 25.3 Å². The van der Waals surface area contributed by atoms with E-state index in [2.05, 4.69) is 11.2 Å². The van der Waals surface area contributed by atoms with Crippen molar-refractivity contribution in [2.75, 3.05) is 11.1 Å². The molecule has 2 atom stereocenters. The van der Waals surface area contributed by atoms with Gasteiger partial charge in [0.1, 0.15) is 6.04 Å². The molecule has 1 N–H and O–H groups in total. The maximum Gasteiger partial charge on any atom is 0.248 e. The van der Waals surface area contributed by atoms with Crippen LogP contribution in [-0.4, -0.2) is 33.4 Å². The summed E-state index contributed by atoms with van der Waals surface area (Å²) in [5.74, 6) is 3.11. The smallest absolute Gasteiger partial charge is 0.248 e. The number of terminal acetylenes is 1. The summed E-state index contributed by atoms with van der Waals surface area (Å²) in [7, 11) is 0. The van der Waals surface area contributed by atoms with E-state index in [9.17, 15) is 9.59 Å². The normalized spacial score (nSPS) is 27.3. The van der Waals surface area contributed by atoms with Crippen LogP contribution in [0.4, 0.5) is 5.69 Å². The summed E-state index contributed by atoms with van der Waals surface area (Å²) in [5, 5.41) is 2.87. The van der Waals surface area contributed by atoms with E-state index in [0.717, 1.165) is 12.0 Å². The summed E-state index contributed by atoms with van der Waals surface area (Å²) >= 11 is 1.69. The molecule has 0 radical (unpaired) electrons. The zero-order valence-corrected chi connectivity index (χ0v) is 12.6. The molecule has 108 valence electrons. The quantitative estimate of drug-likeness (QED) is 0.851. The number of thioether (sulfide) groups is 1. The lowest BCUT2D eigenvalue weighted by Gasteiger charge is -2.29. The average Bonchev–Trinajstić information content (AvgIpc) is 2.96. The maximum atomic E-state index is 12.5. The molecule has 4 nitrogen and oxygen atoms in total. The van der Waals surface area contributed by atoms with E-state index in [1.165, 1.54) is 0 Å². The maximum absolute atomic E-state index is 12.5. The molecule has 2 fully saturated rings. The number of fused-ring (bicyclic) bond motifs is 1. The Balaban J connectivity index is 1.77. The topological polar surface area (TPSA) is 49.4 Å². The van der Waals surface area contributed by atoms with Crippen LogP contribution in [0.5, 0.6) is 0 Å². The van der Waals surface area contributed by atoms with Gasteiger partial charge in [-0.2, -0.15) is 0 Å². The fourth-order valence-electron chi connectivity index (χ4n) is 2.93. The molecule has 0 spiro atoms. The summed E-state index contributed by atoms with van der Waals surface area (Å²) in [6.45, 7) is 2.04. The van der Waals surface area contributed by atoms with Crippen molar-refractivity contribution in [1.29, 1.82) is 0 Å². The molecular weight excluding hydrogens is 284 g/mol. The van der Waals surface area contributed by atoms with E-state index in [1.54, 1.807) is 34.9 Å². The first kappa shape index (κ1) is 14.0. The molecule has 3 rings (SSSR count). The predicted molar refractivity (Wildman–Crippen MR) is 83.7 cm³/mol. The van der Waals surface area contributed by atoms with Gasteiger partial charge in [-0.05, 0) is 31.5 Å². The summed E-state index contributed by atoms with van der Waals surface area (Å²) in [5.41, 5.74) is 1.39. The minimum absolute atomic E-state index is 0.0695. The second kappa shape index (κ2) is 5.12.